The number of nitrogens with zero attached hydrogens (tertiary/aromatic N) is 2. The van der Waals surface area contributed by atoms with Crippen LogP contribution in [0.4, 0.5) is 0 Å². The Morgan fingerprint density at radius 3 is 2.22 bits per heavy atom. The van der Waals surface area contributed by atoms with E-state index in [2.05, 4.69) is 65.6 Å². The van der Waals surface area contributed by atoms with Gasteiger partial charge in [0.2, 0.25) is 0 Å². The number of thioether (sulfide) groups is 1. The smallest absolute Gasteiger partial charge is 0.161 e. The third-order valence-electron chi connectivity index (χ3n) is 5.39. The summed E-state index contributed by atoms with van der Waals surface area (Å²) >= 11 is 1.75. The minimum atomic E-state index is 0.137. The fourth-order valence-electron chi connectivity index (χ4n) is 3.67. The minimum Gasteiger partial charge on any atom is -0.493 e. The molecule has 1 unspecified atom stereocenters. The highest BCUT2D eigenvalue weighted by Crippen LogP contribution is 2.35. The fourth-order valence-corrected chi connectivity index (χ4v) is 4.47. The molecule has 5 heteroatoms. The van der Waals surface area contributed by atoms with Crippen LogP contribution in [-0.4, -0.2) is 24.2 Å². The van der Waals surface area contributed by atoms with Gasteiger partial charge in [0.15, 0.2) is 11.5 Å². The van der Waals surface area contributed by atoms with Gasteiger partial charge in [-0.05, 0) is 59.0 Å². The van der Waals surface area contributed by atoms with Gasteiger partial charge in [-0.25, -0.2) is 4.98 Å². The van der Waals surface area contributed by atoms with Crippen LogP contribution in [0.25, 0.3) is 0 Å². The predicted molar refractivity (Wildman–Crippen MR) is 130 cm³/mol. The summed E-state index contributed by atoms with van der Waals surface area (Å²) in [7, 11) is 3.32. The van der Waals surface area contributed by atoms with E-state index in [0.29, 0.717) is 0 Å². The van der Waals surface area contributed by atoms with Gasteiger partial charge in [-0.1, -0.05) is 42.5 Å². The average molecular weight is 443 g/mol. The van der Waals surface area contributed by atoms with Crippen LogP contribution in [0.3, 0.4) is 0 Å². The third kappa shape index (κ3) is 5.48. The first-order valence-electron chi connectivity index (χ1n) is 10.5. The van der Waals surface area contributed by atoms with Gasteiger partial charge >= 0.3 is 0 Å². The van der Waals surface area contributed by atoms with Gasteiger partial charge in [0, 0.05) is 30.3 Å². The Morgan fingerprint density at radius 1 is 0.781 bits per heavy atom. The number of pyridine rings is 2. The van der Waals surface area contributed by atoms with E-state index in [1.165, 1.54) is 11.1 Å². The number of benzene rings is 2. The van der Waals surface area contributed by atoms with Crippen molar-refractivity contribution in [1.82, 2.24) is 9.97 Å². The van der Waals surface area contributed by atoms with Crippen LogP contribution in [0.5, 0.6) is 11.5 Å². The van der Waals surface area contributed by atoms with E-state index in [1.54, 1.807) is 26.0 Å². The molecule has 0 bridgehead atoms. The monoisotopic (exact) mass is 442 g/mol. The molecule has 1 atom stereocenters. The van der Waals surface area contributed by atoms with Crippen LogP contribution >= 0.6 is 11.8 Å². The van der Waals surface area contributed by atoms with Gasteiger partial charge in [0.1, 0.15) is 0 Å². The van der Waals surface area contributed by atoms with Crippen molar-refractivity contribution in [1.29, 1.82) is 0 Å². The van der Waals surface area contributed by atoms with Gasteiger partial charge in [-0.3, -0.25) is 4.98 Å². The van der Waals surface area contributed by atoms with Crippen LogP contribution in [0.1, 0.15) is 28.2 Å². The Kier molecular flexibility index (Phi) is 7.41. The molecule has 0 spiro atoms. The molecule has 32 heavy (non-hydrogen) atoms. The summed E-state index contributed by atoms with van der Waals surface area (Å²) in [6, 6.07) is 25.0. The second kappa shape index (κ2) is 10.8. The molecule has 0 aliphatic carbocycles. The maximum absolute atomic E-state index is 5.55. The van der Waals surface area contributed by atoms with Crippen LogP contribution in [0, 0.1) is 0 Å². The maximum atomic E-state index is 5.55. The van der Waals surface area contributed by atoms with Crippen molar-refractivity contribution in [2.75, 3.05) is 14.2 Å². The first kappa shape index (κ1) is 21.9. The Morgan fingerprint density at radius 2 is 1.53 bits per heavy atom. The molecule has 2 heterocycles. The average Bonchev–Trinajstić information content (AvgIpc) is 2.87. The SMILES string of the molecule is COc1ccc(C(Cc2ccncc2)c2ccc(SCc3ccccc3)nc2)cc1OC. The van der Waals surface area contributed by atoms with Crippen molar-refractivity contribution in [2.24, 2.45) is 0 Å². The second-order valence-electron chi connectivity index (χ2n) is 7.43. The topological polar surface area (TPSA) is 44.2 Å². The van der Waals surface area contributed by atoms with Gasteiger partial charge in [-0.2, -0.15) is 0 Å². The third-order valence-corrected chi connectivity index (χ3v) is 6.41. The van der Waals surface area contributed by atoms with Crippen molar-refractivity contribution < 1.29 is 9.47 Å². The second-order valence-corrected chi connectivity index (χ2v) is 8.43. The lowest BCUT2D eigenvalue weighted by Gasteiger charge is -2.20. The van der Waals surface area contributed by atoms with Crippen molar-refractivity contribution in [3.8, 4) is 11.5 Å². The molecule has 4 rings (SSSR count). The van der Waals surface area contributed by atoms with Crippen molar-refractivity contribution >= 4 is 11.8 Å². The van der Waals surface area contributed by atoms with E-state index in [9.17, 15) is 0 Å². The van der Waals surface area contributed by atoms with Crippen LogP contribution < -0.4 is 9.47 Å². The van der Waals surface area contributed by atoms with Gasteiger partial charge in [-0.15, -0.1) is 11.8 Å². The lowest BCUT2D eigenvalue weighted by Crippen LogP contribution is -2.07. The highest BCUT2D eigenvalue weighted by molar-refractivity contribution is 7.98. The number of hydrogen-bond acceptors (Lipinski definition) is 5. The molecule has 0 amide bonds. The standard InChI is InChI=1S/C27H26N2O2S/c1-30-25-10-8-22(17-26(25)31-2)24(16-20-12-14-28-15-13-20)23-9-11-27(29-18-23)32-19-21-6-4-3-5-7-21/h3-15,17-18,24H,16,19H2,1-2H3. The van der Waals surface area contributed by atoms with Crippen molar-refractivity contribution in [3.63, 3.8) is 0 Å². The molecule has 4 aromatic rings. The number of aromatic nitrogens is 2. The van der Waals surface area contributed by atoms with E-state index < -0.39 is 0 Å². The highest BCUT2D eigenvalue weighted by Gasteiger charge is 2.18. The molecule has 0 aliphatic rings. The van der Waals surface area contributed by atoms with Crippen LogP contribution in [0.2, 0.25) is 0 Å². The summed E-state index contributed by atoms with van der Waals surface area (Å²) in [6.07, 6.45) is 6.51. The summed E-state index contributed by atoms with van der Waals surface area (Å²) in [4.78, 5) is 8.91. The first-order chi connectivity index (χ1) is 15.8. The van der Waals surface area contributed by atoms with E-state index in [0.717, 1.165) is 39.8 Å². The van der Waals surface area contributed by atoms with E-state index in [4.69, 9.17) is 14.5 Å². The number of hydrogen-bond donors (Lipinski definition) is 0. The van der Waals surface area contributed by atoms with Crippen LogP contribution in [-0.2, 0) is 12.2 Å². The lowest BCUT2D eigenvalue weighted by atomic mass is 9.87. The Hall–Kier alpha value is -3.31. The van der Waals surface area contributed by atoms with E-state index in [-0.39, 0.29) is 5.92 Å². The summed E-state index contributed by atoms with van der Waals surface area (Å²) in [5, 5.41) is 1.02. The normalized spacial score (nSPS) is 11.7. The molecule has 2 aromatic carbocycles. The predicted octanol–water partition coefficient (Wildman–Crippen LogP) is 6.16. The molecule has 0 saturated carbocycles. The zero-order chi connectivity index (χ0) is 22.2. The number of methoxy groups -OCH3 is 2. The summed E-state index contributed by atoms with van der Waals surface area (Å²) in [6.45, 7) is 0. The fraction of sp³-hybridized carbons (Fsp3) is 0.185. The molecule has 0 aliphatic heterocycles. The van der Waals surface area contributed by atoms with Gasteiger partial charge in [0.25, 0.3) is 0 Å². The Bertz CT molecular complexity index is 1120. The Balaban J connectivity index is 1.59. The largest absolute Gasteiger partial charge is 0.493 e. The molecule has 0 fully saturated rings. The molecule has 0 radical (unpaired) electrons. The van der Waals surface area contributed by atoms with Gasteiger partial charge < -0.3 is 9.47 Å². The zero-order valence-corrected chi connectivity index (χ0v) is 19.1. The zero-order valence-electron chi connectivity index (χ0n) is 18.3. The molecule has 0 N–H and O–H groups in total. The highest BCUT2D eigenvalue weighted by atomic mass is 32.2. The molecular weight excluding hydrogens is 416 g/mol. The number of rotatable bonds is 9. The molecule has 2 aromatic heterocycles. The Labute approximate surface area is 193 Å². The van der Waals surface area contributed by atoms with Crippen LogP contribution in [0.15, 0.2) is 96.4 Å². The summed E-state index contributed by atoms with van der Waals surface area (Å²) < 4.78 is 11.0. The van der Waals surface area contributed by atoms with Crippen molar-refractivity contribution in [2.45, 2.75) is 23.1 Å². The first-order valence-corrected chi connectivity index (χ1v) is 11.5. The molecule has 0 saturated heterocycles. The van der Waals surface area contributed by atoms with E-state index in [1.807, 2.05) is 30.7 Å². The molecular formula is C27H26N2O2S. The molecule has 162 valence electrons. The van der Waals surface area contributed by atoms with Crippen molar-refractivity contribution in [3.05, 3.63) is 114 Å². The lowest BCUT2D eigenvalue weighted by molar-refractivity contribution is 0.354. The summed E-state index contributed by atoms with van der Waals surface area (Å²) in [5.74, 6) is 2.50. The summed E-state index contributed by atoms with van der Waals surface area (Å²) in [5.41, 5.74) is 4.84. The molecule has 4 nitrogen and oxygen atoms in total. The number of ether oxygens (including phenoxy) is 2. The quantitative estimate of drug-likeness (QED) is 0.290. The maximum Gasteiger partial charge on any atom is 0.161 e. The van der Waals surface area contributed by atoms with Gasteiger partial charge in [0.05, 0.1) is 19.2 Å². The minimum absolute atomic E-state index is 0.137. The van der Waals surface area contributed by atoms with E-state index >= 15 is 0 Å².